The summed E-state index contributed by atoms with van der Waals surface area (Å²) in [5.74, 6) is -3.86. The number of hydrogen-bond acceptors (Lipinski definition) is 5. The van der Waals surface area contributed by atoms with Gasteiger partial charge < -0.3 is 24.9 Å². The monoisotopic (exact) mass is 397 g/mol. The number of alkyl halides is 3. The maximum atomic E-state index is 13.6. The third-order valence-electron chi connectivity index (χ3n) is 4.99. The number of aliphatic carboxylic acids is 1. The van der Waals surface area contributed by atoms with Crippen LogP contribution in [0.5, 0.6) is 0 Å². The molecule has 6 nitrogen and oxygen atoms in total. The number of nitrogens with one attached hydrogen (secondary N) is 1. The van der Waals surface area contributed by atoms with Gasteiger partial charge in [0.2, 0.25) is 5.91 Å². The average molecular weight is 397 g/mol. The summed E-state index contributed by atoms with van der Waals surface area (Å²) in [5, 5.41) is 13.7. The normalized spacial score (nSPS) is 22.8. The van der Waals surface area contributed by atoms with Gasteiger partial charge in [0, 0.05) is 36.4 Å². The van der Waals surface area contributed by atoms with Crippen molar-refractivity contribution >= 4 is 23.3 Å². The molecule has 2 aliphatic rings. The first-order valence-electron chi connectivity index (χ1n) is 8.98. The Balaban J connectivity index is 1.83. The minimum absolute atomic E-state index is 0.0269. The van der Waals surface area contributed by atoms with E-state index < -0.39 is 35.5 Å². The SMILES string of the molecule is O=C(Nc1ccc(N2CCOCC2)c(C(F)(F)F)c1)[C@H]1CC=CC[C@H]1C(=O)[O-]. The number of rotatable bonds is 4. The van der Waals surface area contributed by atoms with Crippen LogP contribution in [0.25, 0.3) is 0 Å². The predicted octanol–water partition coefficient (Wildman–Crippen LogP) is 1.81. The lowest BCUT2D eigenvalue weighted by atomic mass is 9.82. The van der Waals surface area contributed by atoms with Crippen molar-refractivity contribution in [3.63, 3.8) is 0 Å². The van der Waals surface area contributed by atoms with Crippen molar-refractivity contribution in [3.8, 4) is 0 Å². The molecule has 0 radical (unpaired) electrons. The van der Waals surface area contributed by atoms with Crippen molar-refractivity contribution in [2.45, 2.75) is 19.0 Å². The maximum absolute atomic E-state index is 13.6. The highest BCUT2D eigenvalue weighted by Gasteiger charge is 2.36. The Morgan fingerprint density at radius 2 is 1.75 bits per heavy atom. The van der Waals surface area contributed by atoms with E-state index in [1.54, 1.807) is 17.1 Å². The van der Waals surface area contributed by atoms with E-state index in [1.807, 2.05) is 0 Å². The third kappa shape index (κ3) is 4.46. The fraction of sp³-hybridized carbons (Fsp3) is 0.474. The zero-order valence-corrected chi connectivity index (χ0v) is 15.0. The van der Waals surface area contributed by atoms with E-state index in [1.165, 1.54) is 12.1 Å². The van der Waals surface area contributed by atoms with Crippen LogP contribution < -0.4 is 15.3 Å². The van der Waals surface area contributed by atoms with Crippen molar-refractivity contribution in [1.29, 1.82) is 0 Å². The van der Waals surface area contributed by atoms with Crippen molar-refractivity contribution in [1.82, 2.24) is 0 Å². The van der Waals surface area contributed by atoms with Crippen LogP contribution >= 0.6 is 0 Å². The smallest absolute Gasteiger partial charge is 0.418 e. The molecule has 1 amide bonds. The Morgan fingerprint density at radius 1 is 1.11 bits per heavy atom. The molecule has 152 valence electrons. The second kappa shape index (κ2) is 8.22. The summed E-state index contributed by atoms with van der Waals surface area (Å²) in [6, 6.07) is 3.60. The van der Waals surface area contributed by atoms with Crippen LogP contribution in [-0.2, 0) is 20.5 Å². The lowest BCUT2D eigenvalue weighted by Crippen LogP contribution is -2.41. The molecule has 1 aromatic rings. The van der Waals surface area contributed by atoms with Crippen molar-refractivity contribution in [3.05, 3.63) is 35.9 Å². The summed E-state index contributed by atoms with van der Waals surface area (Å²) in [7, 11) is 0. The molecule has 0 saturated carbocycles. The molecule has 1 heterocycles. The quantitative estimate of drug-likeness (QED) is 0.784. The molecule has 3 rings (SSSR count). The first kappa shape index (κ1) is 20.2. The summed E-state index contributed by atoms with van der Waals surface area (Å²) in [6.45, 7) is 1.37. The Hall–Kier alpha value is -2.55. The number of morpholine rings is 1. The fourth-order valence-electron chi connectivity index (χ4n) is 3.52. The van der Waals surface area contributed by atoms with Gasteiger partial charge in [-0.15, -0.1) is 0 Å². The van der Waals surface area contributed by atoms with Gasteiger partial charge in [-0.1, -0.05) is 12.2 Å². The van der Waals surface area contributed by atoms with Gasteiger partial charge in [0.15, 0.2) is 0 Å². The van der Waals surface area contributed by atoms with E-state index >= 15 is 0 Å². The van der Waals surface area contributed by atoms with Gasteiger partial charge in [0.05, 0.1) is 24.7 Å². The number of carbonyl (C=O) groups excluding carboxylic acids is 2. The van der Waals surface area contributed by atoms with Crippen molar-refractivity contribution < 1.29 is 32.6 Å². The number of halogens is 3. The van der Waals surface area contributed by atoms with Gasteiger partial charge in [-0.25, -0.2) is 0 Å². The molecule has 9 heteroatoms. The molecule has 28 heavy (non-hydrogen) atoms. The summed E-state index contributed by atoms with van der Waals surface area (Å²) in [5.41, 5.74) is -0.852. The number of nitrogens with zero attached hydrogens (tertiary/aromatic N) is 1. The number of carboxylic acid groups (broad SMARTS) is 1. The summed E-state index contributed by atoms with van der Waals surface area (Å²) >= 11 is 0. The lowest BCUT2D eigenvalue weighted by molar-refractivity contribution is -0.313. The number of allylic oxidation sites excluding steroid dienone is 2. The standard InChI is InChI=1S/C19H21F3N2O4/c20-19(21,22)15-11-12(5-6-16(15)24-7-9-28-10-8-24)23-17(25)13-3-1-2-4-14(13)18(26)27/h1-2,5-6,11,13-14H,3-4,7-10H2,(H,23,25)(H,26,27)/p-1/t13-,14+/m0/s1. The highest BCUT2D eigenvalue weighted by molar-refractivity contribution is 5.95. The summed E-state index contributed by atoms with van der Waals surface area (Å²) in [6.07, 6.45) is -0.905. The molecule has 1 aliphatic carbocycles. The minimum atomic E-state index is -4.60. The molecule has 2 atom stereocenters. The zero-order valence-electron chi connectivity index (χ0n) is 15.0. The van der Waals surface area contributed by atoms with Gasteiger partial charge in [-0.2, -0.15) is 13.2 Å². The van der Waals surface area contributed by atoms with Gasteiger partial charge in [-0.3, -0.25) is 4.79 Å². The van der Waals surface area contributed by atoms with Gasteiger partial charge in [-0.05, 0) is 31.0 Å². The number of benzene rings is 1. The van der Waals surface area contributed by atoms with Crippen molar-refractivity contribution in [2.24, 2.45) is 11.8 Å². The molecular weight excluding hydrogens is 377 g/mol. The maximum Gasteiger partial charge on any atom is 0.418 e. The first-order chi connectivity index (χ1) is 13.3. The highest BCUT2D eigenvalue weighted by atomic mass is 19.4. The van der Waals surface area contributed by atoms with Crippen LogP contribution in [0.4, 0.5) is 24.5 Å². The Morgan fingerprint density at radius 3 is 2.36 bits per heavy atom. The number of hydrogen-bond donors (Lipinski definition) is 1. The molecule has 1 saturated heterocycles. The van der Waals surface area contributed by atoms with E-state index in [-0.39, 0.29) is 24.2 Å². The molecular formula is C19H20F3N2O4-. The van der Waals surface area contributed by atoms with Crippen LogP contribution in [-0.4, -0.2) is 38.2 Å². The molecule has 0 spiro atoms. The molecule has 0 bridgehead atoms. The van der Waals surface area contributed by atoms with Gasteiger partial charge in [0.1, 0.15) is 0 Å². The Kier molecular flexibility index (Phi) is 5.93. The molecule has 0 unspecified atom stereocenters. The second-order valence-electron chi connectivity index (χ2n) is 6.79. The Bertz CT molecular complexity index is 773. The van der Waals surface area contributed by atoms with Crippen LogP contribution in [0, 0.1) is 11.8 Å². The molecule has 1 aliphatic heterocycles. The summed E-state index contributed by atoms with van der Waals surface area (Å²) in [4.78, 5) is 25.3. The molecule has 1 aromatic carbocycles. The minimum Gasteiger partial charge on any atom is -0.550 e. The number of carbonyl (C=O) groups is 2. The van der Waals surface area contributed by atoms with E-state index in [9.17, 15) is 27.9 Å². The van der Waals surface area contributed by atoms with Crippen LogP contribution in [0.3, 0.4) is 0 Å². The zero-order chi connectivity index (χ0) is 20.3. The number of anilines is 2. The third-order valence-corrected chi connectivity index (χ3v) is 4.99. The largest absolute Gasteiger partial charge is 0.550 e. The molecule has 1 fully saturated rings. The van der Waals surface area contributed by atoms with Crippen LogP contribution in [0.1, 0.15) is 18.4 Å². The molecule has 0 aromatic heterocycles. The van der Waals surface area contributed by atoms with Crippen LogP contribution in [0.2, 0.25) is 0 Å². The second-order valence-corrected chi connectivity index (χ2v) is 6.79. The summed E-state index contributed by atoms with van der Waals surface area (Å²) < 4.78 is 45.9. The van der Waals surface area contributed by atoms with Crippen molar-refractivity contribution in [2.75, 3.05) is 36.5 Å². The average Bonchev–Trinajstić information content (AvgIpc) is 2.68. The van der Waals surface area contributed by atoms with E-state index in [2.05, 4.69) is 5.32 Å². The molecule has 1 N–H and O–H groups in total. The van der Waals surface area contributed by atoms with E-state index in [0.29, 0.717) is 26.3 Å². The number of ether oxygens (including phenoxy) is 1. The predicted molar refractivity (Wildman–Crippen MR) is 93.5 cm³/mol. The fourth-order valence-corrected chi connectivity index (χ4v) is 3.52. The van der Waals surface area contributed by atoms with Crippen LogP contribution in [0.15, 0.2) is 30.4 Å². The van der Waals surface area contributed by atoms with Gasteiger partial charge in [0.25, 0.3) is 0 Å². The first-order valence-corrected chi connectivity index (χ1v) is 8.98. The lowest BCUT2D eigenvalue weighted by Gasteiger charge is -2.31. The van der Waals surface area contributed by atoms with E-state index in [0.717, 1.165) is 6.07 Å². The van der Waals surface area contributed by atoms with E-state index in [4.69, 9.17) is 4.74 Å². The number of amides is 1. The van der Waals surface area contributed by atoms with Gasteiger partial charge >= 0.3 is 6.18 Å². The topological polar surface area (TPSA) is 81.7 Å². The number of carboxylic acids is 1. The highest BCUT2D eigenvalue weighted by Crippen LogP contribution is 2.39. The Labute approximate surface area is 160 Å².